The summed E-state index contributed by atoms with van der Waals surface area (Å²) in [6, 6.07) is 0. The number of fused-ring (bicyclic) bond motifs is 3. The van der Waals surface area contributed by atoms with Crippen molar-refractivity contribution in [3.63, 3.8) is 0 Å². The van der Waals surface area contributed by atoms with Gasteiger partial charge in [-0.1, -0.05) is 6.92 Å². The molecule has 1 heterocycles. The molecular formula is C15H24O5. The van der Waals surface area contributed by atoms with E-state index in [1.54, 1.807) is 6.92 Å². The maximum Gasteiger partial charge on any atom is 0.141 e. The minimum Gasteiger partial charge on any atom is -0.392 e. The van der Waals surface area contributed by atoms with Crippen molar-refractivity contribution in [2.24, 2.45) is 23.7 Å². The Morgan fingerprint density at radius 1 is 1.20 bits per heavy atom. The Morgan fingerprint density at radius 3 is 2.60 bits per heavy atom. The van der Waals surface area contributed by atoms with E-state index >= 15 is 0 Å². The van der Waals surface area contributed by atoms with Crippen LogP contribution in [0.25, 0.3) is 0 Å². The summed E-state index contributed by atoms with van der Waals surface area (Å²) in [4.78, 5) is 12.4. The smallest absolute Gasteiger partial charge is 0.141 e. The van der Waals surface area contributed by atoms with E-state index in [2.05, 4.69) is 0 Å². The van der Waals surface area contributed by atoms with Crippen molar-refractivity contribution >= 4 is 5.78 Å². The van der Waals surface area contributed by atoms with Crippen molar-refractivity contribution < 1.29 is 24.9 Å². The van der Waals surface area contributed by atoms with Crippen LogP contribution < -0.4 is 0 Å². The fourth-order valence-electron chi connectivity index (χ4n) is 4.71. The molecule has 0 aromatic heterocycles. The Balaban J connectivity index is 2.01. The molecule has 1 saturated heterocycles. The Hall–Kier alpha value is -0.490. The number of rotatable bonds is 0. The number of hydrogen-bond acceptors (Lipinski definition) is 5. The van der Waals surface area contributed by atoms with E-state index in [1.807, 2.05) is 6.92 Å². The van der Waals surface area contributed by atoms with Crippen molar-refractivity contribution in [2.45, 2.75) is 57.0 Å². The quantitative estimate of drug-likeness (QED) is 0.588. The summed E-state index contributed by atoms with van der Waals surface area (Å²) < 4.78 is 5.72. The van der Waals surface area contributed by atoms with Crippen LogP contribution in [-0.4, -0.2) is 51.6 Å². The fourth-order valence-corrected chi connectivity index (χ4v) is 4.71. The van der Waals surface area contributed by atoms with Gasteiger partial charge in [-0.2, -0.15) is 0 Å². The number of ether oxygens (including phenoxy) is 1. The average molecular weight is 284 g/mol. The van der Waals surface area contributed by atoms with Crippen LogP contribution in [-0.2, 0) is 9.53 Å². The molecule has 3 rings (SSSR count). The van der Waals surface area contributed by atoms with Gasteiger partial charge >= 0.3 is 0 Å². The standard InChI is InChI=1S/C15H24O5/c1-7-3-4-8-10(12(7)17)13(18)14(19)15(2)11(8)9(16)5-6-20-15/h7-8,10-14,17-19H,3-6H2,1-2H3. The molecule has 114 valence electrons. The SMILES string of the molecule is CC1CCC2C(C1O)C(O)C(O)C1(C)OCCC(=O)C21. The highest BCUT2D eigenvalue weighted by Gasteiger charge is 2.63. The number of Topliss-reactive ketones (excluding diaryl/α,β-unsaturated/α-hetero) is 1. The molecular weight excluding hydrogens is 260 g/mol. The molecule has 3 N–H and O–H groups in total. The topological polar surface area (TPSA) is 87.0 Å². The largest absolute Gasteiger partial charge is 0.392 e. The third-order valence-electron chi connectivity index (χ3n) is 5.89. The van der Waals surface area contributed by atoms with E-state index < -0.39 is 35.7 Å². The summed E-state index contributed by atoms with van der Waals surface area (Å²) in [5.41, 5.74) is -1.02. The number of hydrogen-bond donors (Lipinski definition) is 3. The van der Waals surface area contributed by atoms with Gasteiger partial charge in [0.15, 0.2) is 0 Å². The maximum absolute atomic E-state index is 12.4. The minimum absolute atomic E-state index is 0.0852. The molecule has 3 fully saturated rings. The lowest BCUT2D eigenvalue weighted by Crippen LogP contribution is -2.70. The Bertz CT molecular complexity index is 411. The second-order valence-electron chi connectivity index (χ2n) is 6.95. The molecule has 0 aromatic carbocycles. The van der Waals surface area contributed by atoms with Gasteiger partial charge in [-0.3, -0.25) is 4.79 Å². The van der Waals surface area contributed by atoms with Gasteiger partial charge in [0.1, 0.15) is 17.5 Å². The molecule has 0 bridgehead atoms. The van der Waals surface area contributed by atoms with Crippen molar-refractivity contribution in [2.75, 3.05) is 6.61 Å². The van der Waals surface area contributed by atoms with Crippen molar-refractivity contribution in [3.8, 4) is 0 Å². The number of ketones is 1. The summed E-state index contributed by atoms with van der Waals surface area (Å²) in [6.07, 6.45) is -0.842. The highest BCUT2D eigenvalue weighted by atomic mass is 16.5. The van der Waals surface area contributed by atoms with Crippen LogP contribution in [0.5, 0.6) is 0 Å². The molecule has 8 unspecified atom stereocenters. The predicted molar refractivity (Wildman–Crippen MR) is 70.9 cm³/mol. The first-order valence-electron chi connectivity index (χ1n) is 7.58. The molecule has 0 radical (unpaired) electrons. The molecule has 2 saturated carbocycles. The monoisotopic (exact) mass is 284 g/mol. The molecule has 20 heavy (non-hydrogen) atoms. The zero-order chi connectivity index (χ0) is 14.7. The molecule has 0 aromatic rings. The Morgan fingerprint density at radius 2 is 1.90 bits per heavy atom. The lowest BCUT2D eigenvalue weighted by molar-refractivity contribution is -0.259. The lowest BCUT2D eigenvalue weighted by atomic mass is 9.54. The molecule has 8 atom stereocenters. The van der Waals surface area contributed by atoms with Crippen LogP contribution in [0.15, 0.2) is 0 Å². The van der Waals surface area contributed by atoms with E-state index in [-0.39, 0.29) is 17.6 Å². The second kappa shape index (κ2) is 4.77. The van der Waals surface area contributed by atoms with Crippen LogP contribution in [0.1, 0.15) is 33.1 Å². The van der Waals surface area contributed by atoms with Gasteiger partial charge in [-0.25, -0.2) is 0 Å². The average Bonchev–Trinajstić information content (AvgIpc) is 2.40. The highest BCUT2D eigenvalue weighted by Crippen LogP contribution is 2.52. The van der Waals surface area contributed by atoms with E-state index in [1.165, 1.54) is 0 Å². The molecule has 3 aliphatic rings. The zero-order valence-corrected chi connectivity index (χ0v) is 12.0. The normalized spacial score (nSPS) is 56.0. The predicted octanol–water partition coefficient (Wildman–Crippen LogP) is 0.109. The molecule has 1 aliphatic heterocycles. The van der Waals surface area contributed by atoms with Crippen molar-refractivity contribution in [3.05, 3.63) is 0 Å². The number of carbonyl (C=O) groups excluding carboxylic acids is 1. The Labute approximate surface area is 118 Å². The lowest BCUT2D eigenvalue weighted by Gasteiger charge is -2.58. The molecule has 5 nitrogen and oxygen atoms in total. The number of aliphatic hydroxyl groups excluding tert-OH is 3. The van der Waals surface area contributed by atoms with Gasteiger partial charge in [0.25, 0.3) is 0 Å². The maximum atomic E-state index is 12.4. The molecule has 0 spiro atoms. The summed E-state index contributed by atoms with van der Waals surface area (Å²) >= 11 is 0. The van der Waals surface area contributed by atoms with Gasteiger partial charge in [0.2, 0.25) is 0 Å². The first-order chi connectivity index (χ1) is 9.38. The first kappa shape index (κ1) is 14.4. The van der Waals surface area contributed by atoms with E-state index in [9.17, 15) is 20.1 Å². The van der Waals surface area contributed by atoms with Gasteiger partial charge < -0.3 is 20.1 Å². The van der Waals surface area contributed by atoms with Gasteiger partial charge in [-0.15, -0.1) is 0 Å². The molecule has 0 amide bonds. The highest BCUT2D eigenvalue weighted by molar-refractivity contribution is 5.83. The molecule has 5 heteroatoms. The van der Waals surface area contributed by atoms with Crippen LogP contribution in [0.4, 0.5) is 0 Å². The van der Waals surface area contributed by atoms with E-state index in [4.69, 9.17) is 4.74 Å². The van der Waals surface area contributed by atoms with Gasteiger partial charge in [0, 0.05) is 12.3 Å². The first-order valence-corrected chi connectivity index (χ1v) is 7.58. The summed E-state index contributed by atoms with van der Waals surface area (Å²) in [5, 5.41) is 31.3. The van der Waals surface area contributed by atoms with Crippen LogP contribution in [0.3, 0.4) is 0 Å². The van der Waals surface area contributed by atoms with Crippen LogP contribution in [0, 0.1) is 23.7 Å². The molecule has 2 aliphatic carbocycles. The number of aliphatic hydroxyl groups is 3. The van der Waals surface area contributed by atoms with E-state index in [0.29, 0.717) is 13.0 Å². The Kier molecular flexibility index (Phi) is 3.44. The van der Waals surface area contributed by atoms with Gasteiger partial charge in [-0.05, 0) is 31.6 Å². The third kappa shape index (κ3) is 1.80. The van der Waals surface area contributed by atoms with Crippen LogP contribution >= 0.6 is 0 Å². The van der Waals surface area contributed by atoms with E-state index in [0.717, 1.165) is 12.8 Å². The van der Waals surface area contributed by atoms with Crippen LogP contribution in [0.2, 0.25) is 0 Å². The third-order valence-corrected chi connectivity index (χ3v) is 5.89. The zero-order valence-electron chi connectivity index (χ0n) is 12.0. The minimum atomic E-state index is -1.13. The summed E-state index contributed by atoms with van der Waals surface area (Å²) in [7, 11) is 0. The van der Waals surface area contributed by atoms with Crippen molar-refractivity contribution in [1.82, 2.24) is 0 Å². The fraction of sp³-hybridized carbons (Fsp3) is 0.933. The summed E-state index contributed by atoms with van der Waals surface area (Å²) in [6.45, 7) is 3.97. The van der Waals surface area contributed by atoms with Gasteiger partial charge in [0.05, 0.1) is 24.7 Å². The summed E-state index contributed by atoms with van der Waals surface area (Å²) in [5.74, 6) is -0.764. The number of carbonyl (C=O) groups is 1. The second-order valence-corrected chi connectivity index (χ2v) is 6.95. The van der Waals surface area contributed by atoms with Crippen molar-refractivity contribution in [1.29, 1.82) is 0 Å².